The summed E-state index contributed by atoms with van der Waals surface area (Å²) in [7, 11) is -3.15. The lowest BCUT2D eigenvalue weighted by molar-refractivity contribution is -0.0116. The molecule has 1 aromatic carbocycles. The van der Waals surface area contributed by atoms with Gasteiger partial charge in [-0.2, -0.15) is 5.10 Å². The highest BCUT2D eigenvalue weighted by atomic mass is 35.5. The number of sulfonamides is 1. The molecule has 0 radical (unpaired) electrons. The monoisotopic (exact) mass is 481 g/mol. The lowest BCUT2D eigenvalue weighted by Crippen LogP contribution is -2.51. The number of carbonyl (C=O) groups is 1. The van der Waals surface area contributed by atoms with Crippen LogP contribution in [0.2, 0.25) is 5.02 Å². The van der Waals surface area contributed by atoms with Gasteiger partial charge in [0.15, 0.2) is 0 Å². The quantitative estimate of drug-likeness (QED) is 0.693. The maximum atomic E-state index is 12.6. The molecular formula is C21H28ClN5O4S. The molecule has 2 unspecified atom stereocenters. The van der Waals surface area contributed by atoms with Crippen molar-refractivity contribution in [1.29, 1.82) is 0 Å². The van der Waals surface area contributed by atoms with Crippen molar-refractivity contribution in [2.75, 3.05) is 38.5 Å². The standard InChI is InChI=1S/C21H28ClN5O4S/c1-21(19(28)17-12-16(22)11-14-13-24-27(21)18(14)17)15-3-7-25(8-4-15)20(29)23-5-9-26-6-2-10-32(26,30)31/h11-13,15,19,28H,2-10H2,1H3,(H,23,29). The number of carbonyl (C=O) groups excluding carboxylic acids is 1. The van der Waals surface area contributed by atoms with Crippen LogP contribution < -0.4 is 5.32 Å². The number of aliphatic hydroxyl groups excluding tert-OH is 1. The van der Waals surface area contributed by atoms with Gasteiger partial charge in [-0.25, -0.2) is 17.5 Å². The van der Waals surface area contributed by atoms with Crippen molar-refractivity contribution in [3.8, 4) is 0 Å². The van der Waals surface area contributed by atoms with E-state index in [1.807, 2.05) is 23.7 Å². The number of hydrogen-bond acceptors (Lipinski definition) is 5. The predicted molar refractivity (Wildman–Crippen MR) is 121 cm³/mol. The molecule has 2 aromatic rings. The third-order valence-electron chi connectivity index (χ3n) is 7.41. The van der Waals surface area contributed by atoms with Crippen molar-refractivity contribution in [2.24, 2.45) is 5.92 Å². The first kappa shape index (κ1) is 21.9. The Bertz CT molecular complexity index is 1160. The molecule has 2 atom stereocenters. The van der Waals surface area contributed by atoms with E-state index < -0.39 is 21.7 Å². The van der Waals surface area contributed by atoms with Crippen molar-refractivity contribution >= 4 is 38.6 Å². The summed E-state index contributed by atoms with van der Waals surface area (Å²) in [5, 5.41) is 20.2. The summed E-state index contributed by atoms with van der Waals surface area (Å²) < 4.78 is 27.1. The fourth-order valence-corrected chi connectivity index (χ4v) is 7.34. The number of urea groups is 1. The zero-order chi connectivity index (χ0) is 22.7. The number of halogens is 1. The molecule has 32 heavy (non-hydrogen) atoms. The van der Waals surface area contributed by atoms with Gasteiger partial charge in [0.25, 0.3) is 0 Å². The van der Waals surface area contributed by atoms with Crippen molar-refractivity contribution in [3.05, 3.63) is 28.9 Å². The van der Waals surface area contributed by atoms with E-state index >= 15 is 0 Å². The van der Waals surface area contributed by atoms with Crippen molar-refractivity contribution in [1.82, 2.24) is 24.3 Å². The molecule has 1 aromatic heterocycles. The maximum Gasteiger partial charge on any atom is 0.317 e. The second-order valence-electron chi connectivity index (χ2n) is 9.18. The van der Waals surface area contributed by atoms with E-state index in [0.717, 1.165) is 29.3 Å². The smallest absolute Gasteiger partial charge is 0.317 e. The molecule has 2 N–H and O–H groups in total. The van der Waals surface area contributed by atoms with Gasteiger partial charge < -0.3 is 15.3 Å². The average Bonchev–Trinajstić information content (AvgIpc) is 3.40. The van der Waals surface area contributed by atoms with E-state index in [1.54, 1.807) is 11.1 Å². The Morgan fingerprint density at radius 3 is 2.75 bits per heavy atom. The first-order valence-corrected chi connectivity index (χ1v) is 13.1. The van der Waals surface area contributed by atoms with Gasteiger partial charge in [0.2, 0.25) is 10.0 Å². The Morgan fingerprint density at radius 1 is 1.31 bits per heavy atom. The van der Waals surface area contributed by atoms with E-state index in [9.17, 15) is 18.3 Å². The Morgan fingerprint density at radius 2 is 2.06 bits per heavy atom. The summed E-state index contributed by atoms with van der Waals surface area (Å²) in [5.41, 5.74) is 1.15. The summed E-state index contributed by atoms with van der Waals surface area (Å²) >= 11 is 6.24. The molecule has 4 heterocycles. The molecule has 2 amide bonds. The van der Waals surface area contributed by atoms with Crippen molar-refractivity contribution in [2.45, 2.75) is 37.8 Å². The SMILES string of the molecule is CC1(C2CCN(C(=O)NCCN3CCCS3(=O)=O)CC2)C(O)c2cc(Cl)cc3cnn1c23. The van der Waals surface area contributed by atoms with E-state index in [1.165, 1.54) is 4.31 Å². The van der Waals surface area contributed by atoms with Crippen LogP contribution in [-0.4, -0.2) is 77.0 Å². The second kappa shape index (κ2) is 7.86. The van der Waals surface area contributed by atoms with Gasteiger partial charge in [-0.15, -0.1) is 0 Å². The molecule has 2 saturated heterocycles. The van der Waals surface area contributed by atoms with E-state index in [0.29, 0.717) is 44.2 Å². The first-order valence-electron chi connectivity index (χ1n) is 11.1. The van der Waals surface area contributed by atoms with Gasteiger partial charge in [-0.1, -0.05) is 11.6 Å². The number of piperidine rings is 1. The third kappa shape index (κ3) is 3.39. The minimum absolute atomic E-state index is 0.144. The number of rotatable bonds is 4. The first-order chi connectivity index (χ1) is 15.2. The zero-order valence-corrected chi connectivity index (χ0v) is 19.6. The molecule has 3 aliphatic heterocycles. The normalized spacial score (nSPS) is 28.0. The molecule has 9 nitrogen and oxygen atoms in total. The van der Waals surface area contributed by atoms with Crippen LogP contribution in [0.3, 0.4) is 0 Å². The molecule has 0 aliphatic carbocycles. The van der Waals surface area contributed by atoms with Crippen molar-refractivity contribution in [3.63, 3.8) is 0 Å². The second-order valence-corrected chi connectivity index (χ2v) is 11.7. The van der Waals surface area contributed by atoms with Crippen LogP contribution in [0.5, 0.6) is 0 Å². The van der Waals surface area contributed by atoms with Gasteiger partial charge >= 0.3 is 6.03 Å². The molecule has 0 bridgehead atoms. The number of hydrogen-bond donors (Lipinski definition) is 2. The number of nitrogens with one attached hydrogen (secondary N) is 1. The van der Waals surface area contributed by atoms with Gasteiger partial charge in [-0.3, -0.25) is 4.68 Å². The van der Waals surface area contributed by atoms with Crippen LogP contribution in [-0.2, 0) is 15.6 Å². The van der Waals surface area contributed by atoms with Crippen LogP contribution in [0.15, 0.2) is 18.3 Å². The highest BCUT2D eigenvalue weighted by Crippen LogP contribution is 2.51. The van der Waals surface area contributed by atoms with Crippen LogP contribution in [0.1, 0.15) is 37.9 Å². The highest BCUT2D eigenvalue weighted by Gasteiger charge is 2.50. The van der Waals surface area contributed by atoms with E-state index in [2.05, 4.69) is 10.4 Å². The molecule has 11 heteroatoms. The number of amides is 2. The Balaban J connectivity index is 1.21. The molecule has 0 spiro atoms. The predicted octanol–water partition coefficient (Wildman–Crippen LogP) is 1.91. The van der Waals surface area contributed by atoms with Gasteiger partial charge in [-0.05, 0) is 44.2 Å². The van der Waals surface area contributed by atoms with Gasteiger partial charge in [0, 0.05) is 48.7 Å². The number of nitrogens with zero attached hydrogens (tertiary/aromatic N) is 4. The maximum absolute atomic E-state index is 12.6. The molecule has 0 saturated carbocycles. The third-order valence-corrected chi connectivity index (χ3v) is 9.59. The minimum Gasteiger partial charge on any atom is -0.386 e. The molecule has 2 fully saturated rings. The number of likely N-dealkylation sites (tertiary alicyclic amines) is 1. The average molecular weight is 482 g/mol. The summed E-state index contributed by atoms with van der Waals surface area (Å²) in [6.07, 6.45) is 3.21. The van der Waals surface area contributed by atoms with E-state index in [4.69, 9.17) is 11.6 Å². The highest BCUT2D eigenvalue weighted by molar-refractivity contribution is 7.89. The van der Waals surface area contributed by atoms with Gasteiger partial charge in [0.1, 0.15) is 6.10 Å². The summed E-state index contributed by atoms with van der Waals surface area (Å²) in [6.45, 7) is 4.32. The largest absolute Gasteiger partial charge is 0.386 e. The van der Waals surface area contributed by atoms with Crippen LogP contribution >= 0.6 is 11.6 Å². The Hall–Kier alpha value is -1.88. The van der Waals surface area contributed by atoms with Crippen LogP contribution in [0, 0.1) is 5.92 Å². The minimum atomic E-state index is -3.15. The lowest BCUT2D eigenvalue weighted by atomic mass is 9.75. The fraction of sp³-hybridized carbons (Fsp3) is 0.619. The Labute approximate surface area is 192 Å². The van der Waals surface area contributed by atoms with E-state index in [-0.39, 0.29) is 17.7 Å². The molecule has 3 aliphatic rings. The molecular weight excluding hydrogens is 454 g/mol. The Kier molecular flexibility index (Phi) is 5.39. The molecule has 5 rings (SSSR count). The number of aromatic nitrogens is 2. The summed E-state index contributed by atoms with van der Waals surface area (Å²) in [6, 6.07) is 3.51. The summed E-state index contributed by atoms with van der Waals surface area (Å²) in [5.74, 6) is 0.336. The number of benzene rings is 1. The fourth-order valence-electron chi connectivity index (χ4n) is 5.57. The van der Waals surface area contributed by atoms with Gasteiger partial charge in [0.05, 0.1) is 23.0 Å². The number of aliphatic hydroxyl groups is 1. The molecule has 174 valence electrons. The lowest BCUT2D eigenvalue weighted by Gasteiger charge is -2.42. The summed E-state index contributed by atoms with van der Waals surface area (Å²) in [4.78, 5) is 14.4. The topological polar surface area (TPSA) is 108 Å². The zero-order valence-electron chi connectivity index (χ0n) is 18.0. The van der Waals surface area contributed by atoms with Crippen molar-refractivity contribution < 1.29 is 18.3 Å². The van der Waals surface area contributed by atoms with Crippen LogP contribution in [0.4, 0.5) is 4.79 Å². The van der Waals surface area contributed by atoms with Crippen LogP contribution in [0.25, 0.3) is 10.9 Å².